The first-order valence-electron chi connectivity index (χ1n) is 6.02. The third-order valence-electron chi connectivity index (χ3n) is 3.00. The standard InChI is InChI=1S/C14H21F2NO/c1-9-6-12(16)13(7-11(9)15)17-10(2)8-14(3,4)18-5/h6-7,10,17H,8H2,1-5H3. The molecule has 0 radical (unpaired) electrons. The molecule has 2 nitrogen and oxygen atoms in total. The number of benzene rings is 1. The highest BCUT2D eigenvalue weighted by Gasteiger charge is 2.21. The zero-order chi connectivity index (χ0) is 13.9. The zero-order valence-electron chi connectivity index (χ0n) is 11.6. The molecular formula is C14H21F2NO. The SMILES string of the molecule is COC(C)(C)CC(C)Nc1cc(F)c(C)cc1F. The van der Waals surface area contributed by atoms with Crippen LogP contribution in [0, 0.1) is 18.6 Å². The fourth-order valence-electron chi connectivity index (χ4n) is 1.89. The van der Waals surface area contributed by atoms with Crippen LogP contribution >= 0.6 is 0 Å². The number of aryl methyl sites for hydroxylation is 1. The maximum Gasteiger partial charge on any atom is 0.146 e. The van der Waals surface area contributed by atoms with Gasteiger partial charge in [-0.25, -0.2) is 8.78 Å². The Balaban J connectivity index is 2.76. The molecule has 1 N–H and O–H groups in total. The van der Waals surface area contributed by atoms with Crippen LogP contribution in [0.25, 0.3) is 0 Å². The van der Waals surface area contributed by atoms with Crippen LogP contribution < -0.4 is 5.32 Å². The monoisotopic (exact) mass is 257 g/mol. The fourth-order valence-corrected chi connectivity index (χ4v) is 1.89. The number of nitrogens with one attached hydrogen (secondary N) is 1. The molecule has 0 aromatic heterocycles. The normalized spacial score (nSPS) is 13.5. The molecule has 1 aromatic carbocycles. The van der Waals surface area contributed by atoms with Gasteiger partial charge in [-0.2, -0.15) is 0 Å². The topological polar surface area (TPSA) is 21.3 Å². The summed E-state index contributed by atoms with van der Waals surface area (Å²) < 4.78 is 32.3. The van der Waals surface area contributed by atoms with E-state index in [1.54, 1.807) is 14.0 Å². The number of anilines is 1. The highest BCUT2D eigenvalue weighted by molar-refractivity contribution is 5.47. The van der Waals surface area contributed by atoms with E-state index in [4.69, 9.17) is 4.74 Å². The second-order valence-corrected chi connectivity index (χ2v) is 5.29. The molecule has 0 amide bonds. The molecule has 0 bridgehead atoms. The number of hydrogen-bond acceptors (Lipinski definition) is 2. The quantitative estimate of drug-likeness (QED) is 0.864. The molecule has 1 unspecified atom stereocenters. The minimum atomic E-state index is -0.434. The smallest absolute Gasteiger partial charge is 0.146 e. The van der Waals surface area contributed by atoms with Crippen LogP contribution in [0.3, 0.4) is 0 Å². The van der Waals surface area contributed by atoms with Crippen molar-refractivity contribution in [2.75, 3.05) is 12.4 Å². The zero-order valence-corrected chi connectivity index (χ0v) is 11.6. The van der Waals surface area contributed by atoms with Gasteiger partial charge in [-0.1, -0.05) is 0 Å². The first-order valence-corrected chi connectivity index (χ1v) is 6.02. The minimum Gasteiger partial charge on any atom is -0.380 e. The fraction of sp³-hybridized carbons (Fsp3) is 0.571. The Morgan fingerprint density at radius 1 is 1.28 bits per heavy atom. The Bertz CT molecular complexity index is 419. The predicted molar refractivity (Wildman–Crippen MR) is 69.9 cm³/mol. The lowest BCUT2D eigenvalue weighted by molar-refractivity contribution is 0.0128. The molecule has 1 aromatic rings. The molecule has 0 aliphatic rings. The van der Waals surface area contributed by atoms with Crippen molar-refractivity contribution < 1.29 is 13.5 Å². The van der Waals surface area contributed by atoms with Crippen molar-refractivity contribution >= 4 is 5.69 Å². The molecule has 102 valence electrons. The molecule has 0 spiro atoms. The van der Waals surface area contributed by atoms with E-state index < -0.39 is 11.6 Å². The summed E-state index contributed by atoms with van der Waals surface area (Å²) in [7, 11) is 1.64. The van der Waals surface area contributed by atoms with Crippen molar-refractivity contribution in [1.29, 1.82) is 0 Å². The van der Waals surface area contributed by atoms with Crippen LogP contribution in [-0.2, 0) is 4.74 Å². The van der Waals surface area contributed by atoms with Crippen molar-refractivity contribution in [3.63, 3.8) is 0 Å². The molecule has 18 heavy (non-hydrogen) atoms. The summed E-state index contributed by atoms with van der Waals surface area (Å²) in [5, 5.41) is 2.97. The Morgan fingerprint density at radius 2 is 1.89 bits per heavy atom. The number of halogens is 2. The maximum atomic E-state index is 13.6. The van der Waals surface area contributed by atoms with E-state index in [9.17, 15) is 8.78 Å². The number of methoxy groups -OCH3 is 1. The first-order chi connectivity index (χ1) is 8.25. The Labute approximate surface area is 107 Å². The number of rotatable bonds is 5. The van der Waals surface area contributed by atoms with E-state index in [-0.39, 0.29) is 17.3 Å². The van der Waals surface area contributed by atoms with Crippen molar-refractivity contribution in [1.82, 2.24) is 0 Å². The lowest BCUT2D eigenvalue weighted by atomic mass is 9.99. The number of ether oxygens (including phenoxy) is 1. The summed E-state index contributed by atoms with van der Waals surface area (Å²) in [5.74, 6) is -0.840. The van der Waals surface area contributed by atoms with Crippen molar-refractivity contribution in [3.05, 3.63) is 29.3 Å². The summed E-state index contributed by atoms with van der Waals surface area (Å²) in [6, 6.07) is 2.38. The lowest BCUT2D eigenvalue weighted by Crippen LogP contribution is -2.31. The third-order valence-corrected chi connectivity index (χ3v) is 3.00. The molecule has 4 heteroatoms. The van der Waals surface area contributed by atoms with E-state index in [0.717, 1.165) is 0 Å². The van der Waals surface area contributed by atoms with Crippen LogP contribution in [0.2, 0.25) is 0 Å². The van der Waals surface area contributed by atoms with Crippen LogP contribution in [0.4, 0.5) is 14.5 Å². The lowest BCUT2D eigenvalue weighted by Gasteiger charge is -2.27. The van der Waals surface area contributed by atoms with E-state index in [1.807, 2.05) is 20.8 Å². The second-order valence-electron chi connectivity index (χ2n) is 5.29. The van der Waals surface area contributed by atoms with E-state index >= 15 is 0 Å². The van der Waals surface area contributed by atoms with E-state index in [2.05, 4.69) is 5.32 Å². The van der Waals surface area contributed by atoms with Crippen LogP contribution in [0.5, 0.6) is 0 Å². The number of hydrogen-bond donors (Lipinski definition) is 1. The highest BCUT2D eigenvalue weighted by atomic mass is 19.1. The molecule has 0 aliphatic carbocycles. The van der Waals surface area contributed by atoms with Crippen LogP contribution in [-0.4, -0.2) is 18.8 Å². The average Bonchev–Trinajstić information content (AvgIpc) is 2.25. The van der Waals surface area contributed by atoms with Gasteiger partial charge < -0.3 is 10.1 Å². The first kappa shape index (κ1) is 14.9. The van der Waals surface area contributed by atoms with Crippen molar-refractivity contribution in [2.45, 2.75) is 45.8 Å². The Morgan fingerprint density at radius 3 is 2.44 bits per heavy atom. The van der Waals surface area contributed by atoms with Crippen molar-refractivity contribution in [3.8, 4) is 0 Å². The van der Waals surface area contributed by atoms with Gasteiger partial charge in [-0.05, 0) is 45.7 Å². The summed E-state index contributed by atoms with van der Waals surface area (Å²) in [5.41, 5.74) is 0.201. The molecule has 0 saturated heterocycles. The Kier molecular flexibility index (Phi) is 4.68. The summed E-state index contributed by atoms with van der Waals surface area (Å²) in [4.78, 5) is 0. The van der Waals surface area contributed by atoms with E-state index in [1.165, 1.54) is 12.1 Å². The largest absolute Gasteiger partial charge is 0.380 e. The van der Waals surface area contributed by atoms with Crippen molar-refractivity contribution in [2.24, 2.45) is 0 Å². The second kappa shape index (κ2) is 5.65. The molecule has 1 rings (SSSR count). The summed E-state index contributed by atoms with van der Waals surface area (Å²) in [6.07, 6.45) is 0.693. The van der Waals surface area contributed by atoms with Gasteiger partial charge in [0.2, 0.25) is 0 Å². The molecule has 0 fully saturated rings. The predicted octanol–water partition coefficient (Wildman–Crippen LogP) is 3.89. The minimum absolute atomic E-state index is 0.0171. The Hall–Kier alpha value is -1.16. The average molecular weight is 257 g/mol. The van der Waals surface area contributed by atoms with Gasteiger partial charge in [-0.15, -0.1) is 0 Å². The molecule has 0 saturated carbocycles. The van der Waals surface area contributed by atoms with Gasteiger partial charge in [0.1, 0.15) is 11.6 Å². The molecule has 1 atom stereocenters. The molecule has 0 heterocycles. The van der Waals surface area contributed by atoms with Gasteiger partial charge >= 0.3 is 0 Å². The third kappa shape index (κ3) is 3.95. The molecule has 0 aliphatic heterocycles. The van der Waals surface area contributed by atoms with Gasteiger partial charge in [0, 0.05) is 19.2 Å². The molecular weight excluding hydrogens is 236 g/mol. The summed E-state index contributed by atoms with van der Waals surface area (Å²) >= 11 is 0. The van der Waals surface area contributed by atoms with Crippen LogP contribution in [0.1, 0.15) is 32.8 Å². The van der Waals surface area contributed by atoms with Gasteiger partial charge in [0.15, 0.2) is 0 Å². The summed E-state index contributed by atoms with van der Waals surface area (Å²) in [6.45, 7) is 7.37. The van der Waals surface area contributed by atoms with Crippen LogP contribution in [0.15, 0.2) is 12.1 Å². The highest BCUT2D eigenvalue weighted by Crippen LogP contribution is 2.22. The van der Waals surface area contributed by atoms with Gasteiger partial charge in [0.05, 0.1) is 11.3 Å². The van der Waals surface area contributed by atoms with E-state index in [0.29, 0.717) is 12.0 Å². The van der Waals surface area contributed by atoms with Gasteiger partial charge in [-0.3, -0.25) is 0 Å². The van der Waals surface area contributed by atoms with Gasteiger partial charge in [0.25, 0.3) is 0 Å². The maximum absolute atomic E-state index is 13.6.